The lowest BCUT2D eigenvalue weighted by Crippen LogP contribution is -2.34. The van der Waals surface area contributed by atoms with Crippen molar-refractivity contribution in [2.75, 3.05) is 13.2 Å². The maximum Gasteiger partial charge on any atom is 0.407 e. The number of fused-ring (bicyclic) bond motifs is 3. The second-order valence-electron chi connectivity index (χ2n) is 9.76. The van der Waals surface area contributed by atoms with Gasteiger partial charge in [-0.3, -0.25) is 9.59 Å². The molecule has 3 N–H and O–H groups in total. The number of carboxylic acids is 1. The Bertz CT molecular complexity index is 1020. The number of nitrogens with one attached hydrogen (secondary N) is 2. The summed E-state index contributed by atoms with van der Waals surface area (Å²) in [6, 6.07) is 16.3. The molecule has 0 bridgehead atoms. The van der Waals surface area contributed by atoms with E-state index in [9.17, 15) is 14.4 Å². The molecule has 35 heavy (non-hydrogen) atoms. The number of amides is 2. The van der Waals surface area contributed by atoms with Crippen LogP contribution in [0.1, 0.15) is 62.5 Å². The van der Waals surface area contributed by atoms with E-state index in [0.717, 1.165) is 12.8 Å². The lowest BCUT2D eigenvalue weighted by molar-refractivity contribution is -0.138. The number of hydrogen-bond acceptors (Lipinski definition) is 4. The summed E-state index contributed by atoms with van der Waals surface area (Å²) in [5.74, 6) is -0.426. The molecule has 2 aliphatic carbocycles. The predicted octanol–water partition coefficient (Wildman–Crippen LogP) is 4.70. The summed E-state index contributed by atoms with van der Waals surface area (Å²) >= 11 is 0. The second-order valence-corrected chi connectivity index (χ2v) is 9.76. The Morgan fingerprint density at radius 2 is 1.66 bits per heavy atom. The van der Waals surface area contributed by atoms with E-state index in [1.807, 2.05) is 31.2 Å². The zero-order valence-electron chi connectivity index (χ0n) is 20.2. The fourth-order valence-electron chi connectivity index (χ4n) is 5.01. The largest absolute Gasteiger partial charge is 0.481 e. The summed E-state index contributed by atoms with van der Waals surface area (Å²) in [4.78, 5) is 35.6. The second kappa shape index (κ2) is 11.4. The van der Waals surface area contributed by atoms with Crippen molar-refractivity contribution in [1.82, 2.24) is 10.6 Å². The highest BCUT2D eigenvalue weighted by Gasteiger charge is 2.33. The van der Waals surface area contributed by atoms with Crippen LogP contribution in [-0.2, 0) is 14.3 Å². The van der Waals surface area contributed by atoms with E-state index < -0.39 is 12.1 Å². The first-order valence-corrected chi connectivity index (χ1v) is 12.5. The van der Waals surface area contributed by atoms with Crippen LogP contribution in [0.15, 0.2) is 48.5 Å². The van der Waals surface area contributed by atoms with Gasteiger partial charge in [0.1, 0.15) is 6.61 Å². The molecule has 0 saturated heterocycles. The first kappa shape index (κ1) is 24.8. The summed E-state index contributed by atoms with van der Waals surface area (Å²) in [6.45, 7) is 2.59. The number of rotatable bonds is 12. The molecule has 1 fully saturated rings. The van der Waals surface area contributed by atoms with Crippen molar-refractivity contribution in [3.8, 4) is 11.1 Å². The third kappa shape index (κ3) is 6.62. The molecule has 1 saturated carbocycles. The standard InChI is InChI=1S/C28H34N2O5/c1-18(7-6-12-26(31)29-16-20(15-27(32)33)19-13-14-19)30-28(34)35-17-25-23-10-4-2-8-21(23)22-9-3-5-11-24(22)25/h2-5,8-11,18-20,25H,6-7,12-17H2,1H3,(H,29,31)(H,30,34)(H,32,33). The Morgan fingerprint density at radius 3 is 2.26 bits per heavy atom. The van der Waals surface area contributed by atoms with Crippen LogP contribution in [0.4, 0.5) is 4.79 Å². The number of carboxylic acid groups (broad SMARTS) is 1. The van der Waals surface area contributed by atoms with E-state index in [1.54, 1.807) is 0 Å². The molecule has 2 aliphatic rings. The number of alkyl carbamates (subject to hydrolysis) is 1. The first-order valence-electron chi connectivity index (χ1n) is 12.5. The first-order chi connectivity index (χ1) is 16.9. The van der Waals surface area contributed by atoms with Crippen LogP contribution < -0.4 is 10.6 Å². The third-order valence-electron chi connectivity index (χ3n) is 7.04. The van der Waals surface area contributed by atoms with Gasteiger partial charge < -0.3 is 20.5 Å². The Balaban J connectivity index is 1.16. The van der Waals surface area contributed by atoms with Crippen LogP contribution in [0.3, 0.4) is 0 Å². The predicted molar refractivity (Wildman–Crippen MR) is 133 cm³/mol. The zero-order valence-corrected chi connectivity index (χ0v) is 20.2. The minimum Gasteiger partial charge on any atom is -0.481 e. The fourth-order valence-corrected chi connectivity index (χ4v) is 5.01. The molecule has 0 radical (unpaired) electrons. The van der Waals surface area contributed by atoms with Crippen molar-refractivity contribution in [3.05, 3.63) is 59.7 Å². The smallest absolute Gasteiger partial charge is 0.407 e. The van der Waals surface area contributed by atoms with E-state index in [0.29, 0.717) is 31.7 Å². The van der Waals surface area contributed by atoms with Gasteiger partial charge in [-0.15, -0.1) is 0 Å². The number of ether oxygens (including phenoxy) is 1. The summed E-state index contributed by atoms with van der Waals surface area (Å²) < 4.78 is 5.59. The topological polar surface area (TPSA) is 105 Å². The quantitative estimate of drug-likeness (QED) is 0.410. The van der Waals surface area contributed by atoms with E-state index in [-0.39, 0.29) is 36.8 Å². The summed E-state index contributed by atoms with van der Waals surface area (Å²) in [5.41, 5.74) is 4.73. The summed E-state index contributed by atoms with van der Waals surface area (Å²) in [7, 11) is 0. The van der Waals surface area contributed by atoms with Gasteiger partial charge in [0, 0.05) is 24.9 Å². The number of benzene rings is 2. The van der Waals surface area contributed by atoms with E-state index in [1.165, 1.54) is 22.3 Å². The highest BCUT2D eigenvalue weighted by Crippen LogP contribution is 2.44. The maximum absolute atomic E-state index is 12.4. The van der Waals surface area contributed by atoms with Crippen molar-refractivity contribution >= 4 is 18.0 Å². The Hall–Kier alpha value is -3.35. The van der Waals surface area contributed by atoms with Gasteiger partial charge in [-0.2, -0.15) is 0 Å². The molecule has 2 unspecified atom stereocenters. The molecule has 0 aromatic heterocycles. The molecule has 0 spiro atoms. The molecular weight excluding hydrogens is 444 g/mol. The van der Waals surface area contributed by atoms with Crippen molar-refractivity contribution in [2.45, 2.75) is 57.4 Å². The van der Waals surface area contributed by atoms with Gasteiger partial charge in [-0.1, -0.05) is 48.5 Å². The van der Waals surface area contributed by atoms with Crippen molar-refractivity contribution in [2.24, 2.45) is 11.8 Å². The van der Waals surface area contributed by atoms with Crippen molar-refractivity contribution in [1.29, 1.82) is 0 Å². The average Bonchev–Trinajstić information content (AvgIpc) is 3.63. The molecule has 186 valence electrons. The monoisotopic (exact) mass is 478 g/mol. The van der Waals surface area contributed by atoms with Crippen LogP contribution in [0.25, 0.3) is 11.1 Å². The highest BCUT2D eigenvalue weighted by molar-refractivity contribution is 5.79. The Kier molecular flexibility index (Phi) is 8.06. The molecule has 2 amide bonds. The van der Waals surface area contributed by atoms with Gasteiger partial charge in [-0.05, 0) is 66.7 Å². The number of hydrogen-bond donors (Lipinski definition) is 3. The molecule has 7 heteroatoms. The zero-order chi connectivity index (χ0) is 24.8. The normalized spacial score (nSPS) is 16.0. The number of aliphatic carboxylic acids is 1. The van der Waals surface area contributed by atoms with Crippen LogP contribution in [-0.4, -0.2) is 42.3 Å². The van der Waals surface area contributed by atoms with Crippen LogP contribution in [0.5, 0.6) is 0 Å². The van der Waals surface area contributed by atoms with E-state index in [4.69, 9.17) is 9.84 Å². The minimum atomic E-state index is -0.815. The van der Waals surface area contributed by atoms with Crippen LogP contribution in [0, 0.1) is 11.8 Å². The van der Waals surface area contributed by atoms with Gasteiger partial charge in [0.25, 0.3) is 0 Å². The van der Waals surface area contributed by atoms with Gasteiger partial charge in [0.05, 0.1) is 6.42 Å². The molecule has 0 aliphatic heterocycles. The lowest BCUT2D eigenvalue weighted by atomic mass is 9.98. The molecule has 7 nitrogen and oxygen atoms in total. The highest BCUT2D eigenvalue weighted by atomic mass is 16.5. The van der Waals surface area contributed by atoms with E-state index in [2.05, 4.69) is 34.9 Å². The maximum atomic E-state index is 12.4. The molecule has 2 aromatic rings. The van der Waals surface area contributed by atoms with Crippen LogP contribution >= 0.6 is 0 Å². The molecule has 2 atom stereocenters. The fraction of sp³-hybridized carbons (Fsp3) is 0.464. The summed E-state index contributed by atoms with van der Waals surface area (Å²) in [5, 5.41) is 14.8. The lowest BCUT2D eigenvalue weighted by Gasteiger charge is -2.17. The van der Waals surface area contributed by atoms with Gasteiger partial charge in [0.15, 0.2) is 0 Å². The van der Waals surface area contributed by atoms with Crippen molar-refractivity contribution in [3.63, 3.8) is 0 Å². The van der Waals surface area contributed by atoms with Gasteiger partial charge in [-0.25, -0.2) is 4.79 Å². The summed E-state index contributed by atoms with van der Waals surface area (Å²) in [6.07, 6.45) is 3.37. The molecule has 2 aromatic carbocycles. The average molecular weight is 479 g/mol. The SMILES string of the molecule is CC(CCCC(=O)NCC(CC(=O)O)C1CC1)NC(=O)OCC1c2ccccc2-c2ccccc21. The van der Waals surface area contributed by atoms with Gasteiger partial charge in [0.2, 0.25) is 5.91 Å². The Labute approximate surface area is 206 Å². The van der Waals surface area contributed by atoms with Crippen LogP contribution in [0.2, 0.25) is 0 Å². The van der Waals surface area contributed by atoms with Crippen molar-refractivity contribution < 1.29 is 24.2 Å². The van der Waals surface area contributed by atoms with E-state index >= 15 is 0 Å². The van der Waals surface area contributed by atoms with Gasteiger partial charge >= 0.3 is 12.1 Å². The minimum absolute atomic E-state index is 0.0191. The number of carbonyl (C=O) groups is 3. The molecule has 4 rings (SSSR count). The Morgan fingerprint density at radius 1 is 1.03 bits per heavy atom. The molecule has 0 heterocycles. The number of carbonyl (C=O) groups excluding carboxylic acids is 2. The molecular formula is C28H34N2O5. The third-order valence-corrected chi connectivity index (χ3v) is 7.04.